The third-order valence-corrected chi connectivity index (χ3v) is 6.25. The van der Waals surface area contributed by atoms with E-state index in [1.807, 2.05) is 66.7 Å². The molecule has 0 saturated carbocycles. The van der Waals surface area contributed by atoms with Crippen LogP contribution in [0.2, 0.25) is 0 Å². The summed E-state index contributed by atoms with van der Waals surface area (Å²) in [5.74, 6) is -0.144. The van der Waals surface area contributed by atoms with Gasteiger partial charge in [-0.1, -0.05) is 60.7 Å². The predicted molar refractivity (Wildman–Crippen MR) is 127 cm³/mol. The van der Waals surface area contributed by atoms with E-state index in [0.29, 0.717) is 17.8 Å². The number of para-hydroxylation sites is 1. The number of hydrogen-bond donors (Lipinski definition) is 0. The van der Waals surface area contributed by atoms with Gasteiger partial charge in [-0.15, -0.1) is 0 Å². The summed E-state index contributed by atoms with van der Waals surface area (Å²) in [5, 5.41) is 11.0. The van der Waals surface area contributed by atoms with Crippen LogP contribution in [-0.4, -0.2) is 31.8 Å². The van der Waals surface area contributed by atoms with Gasteiger partial charge in [-0.3, -0.25) is 9.59 Å². The molecule has 3 aromatic carbocycles. The number of benzene rings is 3. The summed E-state index contributed by atoms with van der Waals surface area (Å²) in [6, 6.07) is 23.8. The van der Waals surface area contributed by atoms with Crippen molar-refractivity contribution in [1.29, 1.82) is 0 Å². The molecule has 1 aliphatic heterocycles. The van der Waals surface area contributed by atoms with Crippen LogP contribution in [0.25, 0.3) is 27.5 Å². The fraction of sp³-hybridized carbons (Fsp3) is 0.154. The van der Waals surface area contributed by atoms with Crippen molar-refractivity contribution < 1.29 is 4.79 Å². The first-order valence-corrected chi connectivity index (χ1v) is 11.0. The lowest BCUT2D eigenvalue weighted by molar-refractivity contribution is -0.119. The summed E-state index contributed by atoms with van der Waals surface area (Å²) in [6.45, 7) is 0.531. The van der Waals surface area contributed by atoms with Crippen molar-refractivity contribution in [3.05, 3.63) is 95.0 Å². The number of rotatable bonds is 3. The monoisotopic (exact) mass is 435 g/mol. The Labute approximate surface area is 189 Å². The Morgan fingerprint density at radius 3 is 2.73 bits per heavy atom. The molecule has 0 saturated heterocycles. The van der Waals surface area contributed by atoms with E-state index in [2.05, 4.69) is 10.2 Å². The molecule has 1 amide bonds. The molecule has 0 spiro atoms. The zero-order valence-electron chi connectivity index (χ0n) is 17.9. The van der Waals surface area contributed by atoms with Crippen LogP contribution in [-0.2, 0) is 17.8 Å². The number of nitrogens with zero attached hydrogens (tertiary/aromatic N) is 5. The molecule has 0 fully saturated rings. The largest absolute Gasteiger partial charge is 0.311 e. The number of fused-ring (bicyclic) bond motifs is 3. The van der Waals surface area contributed by atoms with Gasteiger partial charge in [-0.2, -0.15) is 10.2 Å². The molecular formula is C26H21N5O2. The minimum absolute atomic E-state index is 0.113. The highest BCUT2D eigenvalue weighted by Crippen LogP contribution is 2.28. The highest BCUT2D eigenvalue weighted by molar-refractivity contribution is 5.96. The van der Waals surface area contributed by atoms with Gasteiger partial charge in [0.05, 0.1) is 5.69 Å². The summed E-state index contributed by atoms with van der Waals surface area (Å²) in [6.07, 6.45) is 3.35. The van der Waals surface area contributed by atoms with Crippen LogP contribution in [0.5, 0.6) is 0 Å². The molecule has 0 atom stereocenters. The standard InChI is InChI=1S/C26H21N5O2/c32-25(29-14-6-10-19-8-2-4-13-23(19)29)16-30-26(33)24-15-22(28-31(24)17-27-30)21-12-5-9-18-7-1-3-11-20(18)21/h1-5,7-9,11-13,15,17H,6,10,14,16H2. The predicted octanol–water partition coefficient (Wildman–Crippen LogP) is 3.69. The summed E-state index contributed by atoms with van der Waals surface area (Å²) in [7, 11) is 0. The third-order valence-electron chi connectivity index (χ3n) is 6.25. The van der Waals surface area contributed by atoms with Gasteiger partial charge in [-0.05, 0) is 41.3 Å². The first-order chi connectivity index (χ1) is 16.2. The molecule has 5 aromatic rings. The molecule has 0 aliphatic carbocycles. The summed E-state index contributed by atoms with van der Waals surface area (Å²) >= 11 is 0. The molecule has 7 heteroatoms. The van der Waals surface area contributed by atoms with Crippen LogP contribution < -0.4 is 10.5 Å². The van der Waals surface area contributed by atoms with Crippen molar-refractivity contribution in [2.75, 3.05) is 11.4 Å². The first-order valence-electron chi connectivity index (χ1n) is 11.0. The van der Waals surface area contributed by atoms with Crippen molar-refractivity contribution in [2.45, 2.75) is 19.4 Å². The number of amides is 1. The minimum Gasteiger partial charge on any atom is -0.311 e. The second-order valence-corrected chi connectivity index (χ2v) is 8.26. The van der Waals surface area contributed by atoms with Crippen LogP contribution in [0.4, 0.5) is 5.69 Å². The highest BCUT2D eigenvalue weighted by Gasteiger charge is 2.23. The van der Waals surface area contributed by atoms with Crippen molar-refractivity contribution in [2.24, 2.45) is 0 Å². The lowest BCUT2D eigenvalue weighted by atomic mass is 10.0. The van der Waals surface area contributed by atoms with Crippen LogP contribution in [0.3, 0.4) is 0 Å². The van der Waals surface area contributed by atoms with E-state index in [9.17, 15) is 9.59 Å². The molecule has 6 rings (SSSR count). The number of hydrogen-bond acceptors (Lipinski definition) is 4. The van der Waals surface area contributed by atoms with Gasteiger partial charge in [0.15, 0.2) is 0 Å². The van der Waals surface area contributed by atoms with E-state index >= 15 is 0 Å². The number of carbonyl (C=O) groups excluding carboxylic acids is 1. The van der Waals surface area contributed by atoms with Gasteiger partial charge in [-0.25, -0.2) is 9.20 Å². The van der Waals surface area contributed by atoms with Crippen LogP contribution in [0.1, 0.15) is 12.0 Å². The average molecular weight is 435 g/mol. The minimum atomic E-state index is -0.338. The first kappa shape index (κ1) is 19.4. The summed E-state index contributed by atoms with van der Waals surface area (Å²) in [5.41, 5.74) is 3.77. The maximum absolute atomic E-state index is 13.2. The fourth-order valence-corrected chi connectivity index (χ4v) is 4.64. The number of aromatic nitrogens is 4. The molecule has 3 heterocycles. The fourth-order valence-electron chi connectivity index (χ4n) is 4.64. The topological polar surface area (TPSA) is 72.5 Å². The van der Waals surface area contributed by atoms with Crippen LogP contribution >= 0.6 is 0 Å². The van der Waals surface area contributed by atoms with Crippen molar-refractivity contribution >= 4 is 27.9 Å². The summed E-state index contributed by atoms with van der Waals surface area (Å²) < 4.78 is 2.71. The van der Waals surface area contributed by atoms with E-state index in [-0.39, 0.29) is 18.0 Å². The van der Waals surface area contributed by atoms with Gasteiger partial charge in [0.2, 0.25) is 5.91 Å². The lowest BCUT2D eigenvalue weighted by Gasteiger charge is -2.29. The maximum atomic E-state index is 13.2. The van der Waals surface area contributed by atoms with E-state index in [4.69, 9.17) is 0 Å². The Hall–Kier alpha value is -4.26. The van der Waals surface area contributed by atoms with Crippen LogP contribution in [0.15, 0.2) is 83.9 Å². The smallest absolute Gasteiger partial charge is 0.293 e. The molecule has 2 aromatic heterocycles. The molecule has 0 bridgehead atoms. The second kappa shape index (κ2) is 7.70. The molecule has 7 nitrogen and oxygen atoms in total. The number of anilines is 1. The van der Waals surface area contributed by atoms with Crippen LogP contribution in [0, 0.1) is 0 Å². The van der Waals surface area contributed by atoms with Gasteiger partial charge < -0.3 is 4.90 Å². The quantitative estimate of drug-likeness (QED) is 0.433. The van der Waals surface area contributed by atoms with E-state index in [1.165, 1.54) is 15.5 Å². The van der Waals surface area contributed by atoms with Crippen molar-refractivity contribution in [1.82, 2.24) is 19.4 Å². The average Bonchev–Trinajstić information content (AvgIpc) is 3.30. The zero-order chi connectivity index (χ0) is 22.4. The normalized spacial score (nSPS) is 13.4. The molecule has 33 heavy (non-hydrogen) atoms. The SMILES string of the molecule is O=C(Cn1ncn2nc(-c3cccc4ccccc34)cc2c1=O)N1CCCc2ccccc21. The maximum Gasteiger partial charge on any atom is 0.293 e. The Balaban J connectivity index is 1.36. The van der Waals surface area contributed by atoms with Gasteiger partial charge in [0.1, 0.15) is 18.4 Å². The Morgan fingerprint density at radius 1 is 0.970 bits per heavy atom. The Bertz CT molecular complexity index is 1580. The van der Waals surface area contributed by atoms with E-state index in [0.717, 1.165) is 40.4 Å². The molecule has 0 unspecified atom stereocenters. The molecule has 1 aliphatic rings. The second-order valence-electron chi connectivity index (χ2n) is 8.26. The molecule has 162 valence electrons. The van der Waals surface area contributed by atoms with Gasteiger partial charge >= 0.3 is 0 Å². The zero-order valence-corrected chi connectivity index (χ0v) is 17.9. The highest BCUT2D eigenvalue weighted by atomic mass is 16.2. The lowest BCUT2D eigenvalue weighted by Crippen LogP contribution is -2.40. The molecule has 0 N–H and O–H groups in total. The number of aryl methyl sites for hydroxylation is 1. The Kier molecular flexibility index (Phi) is 4.54. The van der Waals surface area contributed by atoms with Gasteiger partial charge in [0, 0.05) is 17.8 Å². The van der Waals surface area contributed by atoms with E-state index in [1.54, 1.807) is 11.0 Å². The Morgan fingerprint density at radius 2 is 1.79 bits per heavy atom. The van der Waals surface area contributed by atoms with Crippen molar-refractivity contribution in [3.8, 4) is 11.3 Å². The third kappa shape index (κ3) is 3.29. The molecular weight excluding hydrogens is 414 g/mol. The van der Waals surface area contributed by atoms with Gasteiger partial charge in [0.25, 0.3) is 5.56 Å². The van der Waals surface area contributed by atoms with Crippen molar-refractivity contribution in [3.63, 3.8) is 0 Å². The summed E-state index contributed by atoms with van der Waals surface area (Å²) in [4.78, 5) is 28.0. The molecule has 0 radical (unpaired) electrons. The number of carbonyl (C=O) groups is 1. The van der Waals surface area contributed by atoms with E-state index < -0.39 is 0 Å².